The van der Waals surface area contributed by atoms with Gasteiger partial charge in [-0.15, -0.1) is 0 Å². The molecule has 1 aromatic heterocycles. The minimum atomic E-state index is -0.352. The van der Waals surface area contributed by atoms with Crippen molar-refractivity contribution in [2.24, 2.45) is 0 Å². The summed E-state index contributed by atoms with van der Waals surface area (Å²) in [5.74, 6) is -0.282. The fourth-order valence-electron chi connectivity index (χ4n) is 2.35. The van der Waals surface area contributed by atoms with Gasteiger partial charge in [-0.1, -0.05) is 18.2 Å². The second kappa shape index (κ2) is 7.89. The number of halogens is 1. The molecule has 24 heavy (non-hydrogen) atoms. The van der Waals surface area contributed by atoms with E-state index in [-0.39, 0.29) is 18.0 Å². The molecule has 2 N–H and O–H groups in total. The quantitative estimate of drug-likeness (QED) is 0.871. The summed E-state index contributed by atoms with van der Waals surface area (Å²) in [5, 5.41) is 9.51. The highest BCUT2D eigenvalue weighted by molar-refractivity contribution is 5.88. The minimum Gasteiger partial charge on any atom is -0.376 e. The van der Waals surface area contributed by atoms with Crippen LogP contribution in [-0.4, -0.2) is 48.3 Å². The lowest BCUT2D eigenvalue weighted by Crippen LogP contribution is -2.41. The van der Waals surface area contributed by atoms with Crippen LogP contribution in [0.2, 0.25) is 0 Å². The average Bonchev–Trinajstić information content (AvgIpc) is 3.03. The minimum absolute atomic E-state index is 0.131. The van der Waals surface area contributed by atoms with Gasteiger partial charge in [0, 0.05) is 18.3 Å². The predicted molar refractivity (Wildman–Crippen MR) is 85.3 cm³/mol. The molecule has 7 nitrogen and oxygen atoms in total. The van der Waals surface area contributed by atoms with Gasteiger partial charge in [0.1, 0.15) is 5.82 Å². The van der Waals surface area contributed by atoms with Crippen LogP contribution in [0.5, 0.6) is 0 Å². The third kappa shape index (κ3) is 4.53. The monoisotopic (exact) mass is 334 g/mol. The average molecular weight is 334 g/mol. The molecule has 1 atom stereocenters. The molecular formula is C16H19FN4O3. The summed E-state index contributed by atoms with van der Waals surface area (Å²) in [4.78, 5) is 11.9. The zero-order valence-corrected chi connectivity index (χ0v) is 13.1. The molecule has 1 aliphatic heterocycles. The molecule has 3 rings (SSSR count). The van der Waals surface area contributed by atoms with Crippen molar-refractivity contribution in [3.63, 3.8) is 0 Å². The fourth-order valence-corrected chi connectivity index (χ4v) is 2.35. The van der Waals surface area contributed by atoms with Gasteiger partial charge in [0.15, 0.2) is 0 Å². The van der Waals surface area contributed by atoms with Crippen molar-refractivity contribution < 1.29 is 18.7 Å². The molecule has 1 aromatic carbocycles. The maximum atomic E-state index is 13.6. The van der Waals surface area contributed by atoms with Crippen LogP contribution in [0.15, 0.2) is 36.7 Å². The molecule has 0 bridgehead atoms. The molecule has 0 spiro atoms. The third-order valence-corrected chi connectivity index (χ3v) is 3.56. The first kappa shape index (κ1) is 16.4. The molecule has 1 fully saturated rings. The number of nitrogens with one attached hydrogen (secondary N) is 2. The van der Waals surface area contributed by atoms with Crippen LogP contribution in [0.4, 0.5) is 14.9 Å². The van der Waals surface area contributed by atoms with Crippen LogP contribution in [0, 0.1) is 5.82 Å². The molecule has 0 aliphatic carbocycles. The Morgan fingerprint density at radius 2 is 2.25 bits per heavy atom. The van der Waals surface area contributed by atoms with Crippen molar-refractivity contribution >= 4 is 11.7 Å². The van der Waals surface area contributed by atoms with Crippen molar-refractivity contribution in [1.82, 2.24) is 15.1 Å². The standard InChI is InChI=1S/C16H19FN4O3/c17-15-4-2-1-3-12(15)9-21-10-13(7-19-21)20-16(22)18-8-14-11-23-5-6-24-14/h1-4,7,10,14H,5-6,8-9,11H2,(H2,18,20,22). The number of nitrogens with zero attached hydrogens (tertiary/aromatic N) is 2. The van der Waals surface area contributed by atoms with Crippen molar-refractivity contribution in [2.75, 3.05) is 31.7 Å². The molecule has 128 valence electrons. The lowest BCUT2D eigenvalue weighted by atomic mass is 10.2. The number of carbonyl (C=O) groups excluding carboxylic acids is 1. The van der Waals surface area contributed by atoms with Crippen molar-refractivity contribution in [3.05, 3.63) is 48.0 Å². The van der Waals surface area contributed by atoms with Crippen LogP contribution in [0.3, 0.4) is 0 Å². The third-order valence-electron chi connectivity index (χ3n) is 3.56. The predicted octanol–water partition coefficient (Wildman–Crippen LogP) is 1.61. The number of amides is 2. The van der Waals surface area contributed by atoms with Gasteiger partial charge in [-0.05, 0) is 6.07 Å². The van der Waals surface area contributed by atoms with E-state index in [1.54, 1.807) is 29.1 Å². The number of benzene rings is 1. The summed E-state index contributed by atoms with van der Waals surface area (Å²) in [6.07, 6.45) is 3.03. The molecule has 2 amide bonds. The van der Waals surface area contributed by atoms with Gasteiger partial charge in [0.2, 0.25) is 0 Å². The van der Waals surface area contributed by atoms with Crippen LogP contribution >= 0.6 is 0 Å². The van der Waals surface area contributed by atoms with E-state index in [1.807, 2.05) is 0 Å². The van der Waals surface area contributed by atoms with Crippen molar-refractivity contribution in [1.29, 1.82) is 0 Å². The molecule has 0 saturated carbocycles. The highest BCUT2D eigenvalue weighted by Gasteiger charge is 2.15. The smallest absolute Gasteiger partial charge is 0.319 e. The zero-order chi connectivity index (χ0) is 16.8. The summed E-state index contributed by atoms with van der Waals surface area (Å²) in [6.45, 7) is 2.26. The molecular weight excluding hydrogens is 315 g/mol. The summed E-state index contributed by atoms with van der Waals surface area (Å²) < 4.78 is 25.9. The van der Waals surface area contributed by atoms with Gasteiger partial charge >= 0.3 is 6.03 Å². The Morgan fingerprint density at radius 1 is 1.38 bits per heavy atom. The van der Waals surface area contributed by atoms with E-state index < -0.39 is 0 Å². The topological polar surface area (TPSA) is 77.4 Å². The first-order valence-electron chi connectivity index (χ1n) is 7.71. The Morgan fingerprint density at radius 3 is 3.04 bits per heavy atom. The van der Waals surface area contributed by atoms with E-state index >= 15 is 0 Å². The number of hydrogen-bond acceptors (Lipinski definition) is 4. The van der Waals surface area contributed by atoms with E-state index in [4.69, 9.17) is 9.47 Å². The normalized spacial score (nSPS) is 17.5. The first-order valence-corrected chi connectivity index (χ1v) is 7.71. The number of ether oxygens (including phenoxy) is 2. The fraction of sp³-hybridized carbons (Fsp3) is 0.375. The number of carbonyl (C=O) groups is 1. The molecule has 1 aliphatic rings. The van der Waals surface area contributed by atoms with Gasteiger partial charge in [-0.3, -0.25) is 4.68 Å². The Labute approximate surface area is 138 Å². The second-order valence-electron chi connectivity index (χ2n) is 5.42. The number of aromatic nitrogens is 2. The number of urea groups is 1. The summed E-state index contributed by atoms with van der Waals surface area (Å²) in [5.41, 5.74) is 1.07. The van der Waals surface area contributed by atoms with E-state index in [0.717, 1.165) is 0 Å². The Bertz CT molecular complexity index is 685. The molecule has 8 heteroatoms. The van der Waals surface area contributed by atoms with Gasteiger partial charge < -0.3 is 20.1 Å². The highest BCUT2D eigenvalue weighted by Crippen LogP contribution is 2.11. The van der Waals surface area contributed by atoms with Crippen LogP contribution in [0.1, 0.15) is 5.56 Å². The maximum absolute atomic E-state index is 13.6. The highest BCUT2D eigenvalue weighted by atomic mass is 19.1. The largest absolute Gasteiger partial charge is 0.376 e. The van der Waals surface area contributed by atoms with Gasteiger partial charge in [-0.2, -0.15) is 5.10 Å². The molecule has 2 aromatic rings. The van der Waals surface area contributed by atoms with Gasteiger partial charge in [0.05, 0.1) is 44.4 Å². The first-order chi connectivity index (χ1) is 11.7. The zero-order valence-electron chi connectivity index (χ0n) is 13.1. The van der Waals surface area contributed by atoms with E-state index in [9.17, 15) is 9.18 Å². The summed E-state index contributed by atoms with van der Waals surface area (Å²) in [7, 11) is 0. The Kier molecular flexibility index (Phi) is 5.39. The van der Waals surface area contributed by atoms with Crippen molar-refractivity contribution in [3.8, 4) is 0 Å². The Hall–Kier alpha value is -2.45. The summed E-state index contributed by atoms with van der Waals surface area (Å²) >= 11 is 0. The molecule has 0 radical (unpaired) electrons. The molecule has 1 unspecified atom stereocenters. The molecule has 2 heterocycles. The lowest BCUT2D eigenvalue weighted by Gasteiger charge is -2.22. The number of rotatable bonds is 5. The van der Waals surface area contributed by atoms with Crippen LogP contribution in [0.25, 0.3) is 0 Å². The van der Waals surface area contributed by atoms with Crippen molar-refractivity contribution in [2.45, 2.75) is 12.6 Å². The maximum Gasteiger partial charge on any atom is 0.319 e. The van der Waals surface area contributed by atoms with Crippen LogP contribution < -0.4 is 10.6 Å². The lowest BCUT2D eigenvalue weighted by molar-refractivity contribution is -0.0852. The second-order valence-corrected chi connectivity index (χ2v) is 5.42. The Balaban J connectivity index is 1.48. The molecule has 1 saturated heterocycles. The number of hydrogen-bond donors (Lipinski definition) is 2. The van der Waals surface area contributed by atoms with Gasteiger partial charge in [0.25, 0.3) is 0 Å². The van der Waals surface area contributed by atoms with Gasteiger partial charge in [-0.25, -0.2) is 9.18 Å². The summed E-state index contributed by atoms with van der Waals surface area (Å²) in [6, 6.07) is 6.16. The number of anilines is 1. The van der Waals surface area contributed by atoms with E-state index in [1.165, 1.54) is 12.3 Å². The van der Waals surface area contributed by atoms with E-state index in [2.05, 4.69) is 15.7 Å². The van der Waals surface area contributed by atoms with E-state index in [0.29, 0.717) is 44.2 Å². The van der Waals surface area contributed by atoms with Crippen LogP contribution in [-0.2, 0) is 16.0 Å². The SMILES string of the molecule is O=C(NCC1COCCO1)Nc1cnn(Cc2ccccc2F)c1.